The molecule has 0 spiro atoms. The van der Waals surface area contributed by atoms with E-state index in [2.05, 4.69) is 0 Å². The maximum atomic E-state index is 13.2. The molecule has 3 rings (SSSR count). The lowest BCUT2D eigenvalue weighted by Gasteiger charge is -2.42. The summed E-state index contributed by atoms with van der Waals surface area (Å²) in [6, 6.07) is 15.5. The van der Waals surface area contributed by atoms with Crippen LogP contribution in [-0.4, -0.2) is 36.4 Å². The number of carboxylic acids is 1. The van der Waals surface area contributed by atoms with Gasteiger partial charge in [-0.15, -0.1) is 0 Å². The number of benzene rings is 2. The molecule has 6 nitrogen and oxygen atoms in total. The van der Waals surface area contributed by atoms with E-state index in [1.165, 1.54) is 23.5 Å². The van der Waals surface area contributed by atoms with Crippen molar-refractivity contribution in [1.29, 1.82) is 0 Å². The van der Waals surface area contributed by atoms with Gasteiger partial charge < -0.3 is 9.84 Å². The minimum atomic E-state index is -3.82. The second-order valence-corrected chi connectivity index (χ2v) is 9.18. The van der Waals surface area contributed by atoms with Crippen LogP contribution in [0, 0.1) is 0 Å². The van der Waals surface area contributed by atoms with Crippen LogP contribution in [0.3, 0.4) is 0 Å². The Morgan fingerprint density at radius 1 is 1.00 bits per heavy atom. The van der Waals surface area contributed by atoms with E-state index in [-0.39, 0.29) is 11.3 Å². The maximum absolute atomic E-state index is 13.2. The fourth-order valence-corrected chi connectivity index (χ4v) is 5.36. The minimum Gasteiger partial charge on any atom is -0.481 e. The zero-order valence-electron chi connectivity index (χ0n) is 15.9. The number of rotatable bonds is 7. The van der Waals surface area contributed by atoms with E-state index in [0.29, 0.717) is 24.3 Å². The molecule has 0 saturated heterocycles. The van der Waals surface area contributed by atoms with Crippen molar-refractivity contribution in [1.82, 2.24) is 4.31 Å². The smallest absolute Gasteiger partial charge is 0.305 e. The van der Waals surface area contributed by atoms with Crippen LogP contribution in [0.1, 0.15) is 38.5 Å². The average molecular weight is 404 g/mol. The van der Waals surface area contributed by atoms with Gasteiger partial charge in [0.2, 0.25) is 10.0 Å². The Labute approximate surface area is 165 Å². The Hall–Kier alpha value is -2.38. The minimum absolute atomic E-state index is 0.130. The standard InChI is InChI=1S/C21H25NO5S/c1-22(21(16-20(23)24)14-6-3-7-15-21)28(25,26)19-12-10-18(11-13-19)27-17-8-4-2-5-9-17/h2,4-5,8-13H,3,6-7,14-16H2,1H3,(H,23,24). The Kier molecular flexibility index (Phi) is 6.05. The molecule has 150 valence electrons. The van der Waals surface area contributed by atoms with Gasteiger partial charge in [0.1, 0.15) is 11.5 Å². The summed E-state index contributed by atoms with van der Waals surface area (Å²) in [6.07, 6.45) is 3.60. The molecule has 7 heteroatoms. The third kappa shape index (κ3) is 4.36. The lowest BCUT2D eigenvalue weighted by molar-refractivity contribution is -0.140. The summed E-state index contributed by atoms with van der Waals surface area (Å²) in [4.78, 5) is 11.6. The summed E-state index contributed by atoms with van der Waals surface area (Å²) in [7, 11) is -2.32. The number of ether oxygens (including phenoxy) is 1. The zero-order valence-corrected chi connectivity index (χ0v) is 16.7. The molecule has 0 amide bonds. The molecular formula is C21H25NO5S. The number of hydrogen-bond donors (Lipinski definition) is 1. The fraction of sp³-hybridized carbons (Fsp3) is 0.381. The van der Waals surface area contributed by atoms with Crippen molar-refractivity contribution in [2.45, 2.75) is 49.0 Å². The largest absolute Gasteiger partial charge is 0.481 e. The number of hydrogen-bond acceptors (Lipinski definition) is 4. The highest BCUT2D eigenvalue weighted by Crippen LogP contribution is 2.39. The molecule has 0 bridgehead atoms. The van der Waals surface area contributed by atoms with Crippen molar-refractivity contribution in [3.63, 3.8) is 0 Å². The topological polar surface area (TPSA) is 83.9 Å². The molecule has 1 aliphatic carbocycles. The molecule has 0 heterocycles. The van der Waals surface area contributed by atoms with E-state index in [1.54, 1.807) is 12.1 Å². The molecular weight excluding hydrogens is 378 g/mol. The summed E-state index contributed by atoms with van der Waals surface area (Å²) in [6.45, 7) is 0. The monoisotopic (exact) mass is 403 g/mol. The molecule has 0 atom stereocenters. The van der Waals surface area contributed by atoms with Gasteiger partial charge in [0.25, 0.3) is 0 Å². The number of aliphatic carboxylic acids is 1. The first-order valence-corrected chi connectivity index (χ1v) is 10.8. The van der Waals surface area contributed by atoms with Gasteiger partial charge in [-0.05, 0) is 49.2 Å². The van der Waals surface area contributed by atoms with Crippen molar-refractivity contribution < 1.29 is 23.1 Å². The van der Waals surface area contributed by atoms with Crippen molar-refractivity contribution in [2.24, 2.45) is 0 Å². The van der Waals surface area contributed by atoms with Gasteiger partial charge in [-0.2, -0.15) is 4.31 Å². The van der Waals surface area contributed by atoms with Crippen LogP contribution in [0.25, 0.3) is 0 Å². The van der Waals surface area contributed by atoms with E-state index >= 15 is 0 Å². The van der Waals surface area contributed by atoms with E-state index in [4.69, 9.17) is 4.74 Å². The Balaban J connectivity index is 1.83. The molecule has 1 N–H and O–H groups in total. The van der Waals surface area contributed by atoms with Gasteiger partial charge in [0.05, 0.1) is 11.3 Å². The quantitative estimate of drug-likeness (QED) is 0.746. The molecule has 0 aromatic heterocycles. The van der Waals surface area contributed by atoms with Crippen LogP contribution >= 0.6 is 0 Å². The highest BCUT2D eigenvalue weighted by Gasteiger charge is 2.43. The van der Waals surface area contributed by atoms with Crippen molar-refractivity contribution in [3.8, 4) is 11.5 Å². The molecule has 28 heavy (non-hydrogen) atoms. The van der Waals surface area contributed by atoms with Crippen LogP contribution in [0.2, 0.25) is 0 Å². The Morgan fingerprint density at radius 2 is 1.57 bits per heavy atom. The number of para-hydroxylation sites is 1. The molecule has 1 fully saturated rings. The predicted molar refractivity (Wildman–Crippen MR) is 106 cm³/mol. The lowest BCUT2D eigenvalue weighted by Crippen LogP contribution is -2.51. The fourth-order valence-electron chi connectivity index (χ4n) is 3.81. The van der Waals surface area contributed by atoms with Crippen LogP contribution in [0.15, 0.2) is 59.5 Å². The summed E-state index contributed by atoms with van der Waals surface area (Å²) < 4.78 is 33.3. The SMILES string of the molecule is CN(C1(CC(=O)O)CCCCC1)S(=O)(=O)c1ccc(Oc2ccccc2)cc1. The van der Waals surface area contributed by atoms with E-state index in [9.17, 15) is 18.3 Å². The molecule has 0 radical (unpaired) electrons. The van der Waals surface area contributed by atoms with Crippen molar-refractivity contribution >= 4 is 16.0 Å². The zero-order chi connectivity index (χ0) is 20.2. The second kappa shape index (κ2) is 8.32. The number of nitrogens with zero attached hydrogens (tertiary/aromatic N) is 1. The molecule has 1 aliphatic rings. The molecule has 2 aromatic carbocycles. The van der Waals surface area contributed by atoms with Gasteiger partial charge in [-0.1, -0.05) is 37.5 Å². The first-order valence-electron chi connectivity index (χ1n) is 9.37. The van der Waals surface area contributed by atoms with Crippen LogP contribution in [0.5, 0.6) is 11.5 Å². The first kappa shape index (κ1) is 20.4. The van der Waals surface area contributed by atoms with E-state index < -0.39 is 21.5 Å². The van der Waals surface area contributed by atoms with Gasteiger partial charge in [-0.3, -0.25) is 4.79 Å². The summed E-state index contributed by atoms with van der Waals surface area (Å²) in [5.41, 5.74) is -0.873. The Morgan fingerprint density at radius 3 is 2.14 bits per heavy atom. The summed E-state index contributed by atoms with van der Waals surface area (Å²) in [5, 5.41) is 9.35. The normalized spacial score (nSPS) is 16.6. The summed E-state index contributed by atoms with van der Waals surface area (Å²) in [5.74, 6) is 0.221. The Bertz CT molecular complexity index is 904. The number of carbonyl (C=O) groups is 1. The third-order valence-electron chi connectivity index (χ3n) is 5.39. The third-order valence-corrected chi connectivity index (χ3v) is 7.37. The van der Waals surface area contributed by atoms with E-state index in [1.807, 2.05) is 30.3 Å². The van der Waals surface area contributed by atoms with Gasteiger partial charge in [-0.25, -0.2) is 8.42 Å². The predicted octanol–water partition coefficient (Wildman–Crippen LogP) is 4.28. The molecule has 0 aliphatic heterocycles. The second-order valence-electron chi connectivity index (χ2n) is 7.21. The highest BCUT2D eigenvalue weighted by molar-refractivity contribution is 7.89. The summed E-state index contributed by atoms with van der Waals surface area (Å²) >= 11 is 0. The number of sulfonamides is 1. The van der Waals surface area contributed by atoms with Crippen molar-refractivity contribution in [2.75, 3.05) is 7.05 Å². The highest BCUT2D eigenvalue weighted by atomic mass is 32.2. The van der Waals surface area contributed by atoms with Gasteiger partial charge in [0, 0.05) is 12.6 Å². The van der Waals surface area contributed by atoms with Crippen LogP contribution < -0.4 is 4.74 Å². The van der Waals surface area contributed by atoms with Gasteiger partial charge in [0.15, 0.2) is 0 Å². The number of carboxylic acid groups (broad SMARTS) is 1. The molecule has 0 unspecified atom stereocenters. The molecule has 2 aromatic rings. The lowest BCUT2D eigenvalue weighted by atomic mass is 9.79. The van der Waals surface area contributed by atoms with Crippen LogP contribution in [-0.2, 0) is 14.8 Å². The van der Waals surface area contributed by atoms with Crippen LogP contribution in [0.4, 0.5) is 0 Å². The van der Waals surface area contributed by atoms with E-state index in [0.717, 1.165) is 19.3 Å². The maximum Gasteiger partial charge on any atom is 0.305 e. The first-order chi connectivity index (χ1) is 13.3. The molecule has 1 saturated carbocycles. The van der Waals surface area contributed by atoms with Crippen molar-refractivity contribution in [3.05, 3.63) is 54.6 Å². The average Bonchev–Trinajstić information content (AvgIpc) is 2.69. The van der Waals surface area contributed by atoms with Gasteiger partial charge >= 0.3 is 5.97 Å².